The molecule has 0 radical (unpaired) electrons. The van der Waals surface area contributed by atoms with Crippen LogP contribution in [-0.2, 0) is 14.3 Å². The molecule has 0 unspecified atom stereocenters. The van der Waals surface area contributed by atoms with Gasteiger partial charge in [0.15, 0.2) is 0 Å². The Bertz CT molecular complexity index is 208. The third kappa shape index (κ3) is 7.63. The standard InChI is InChI=1S/C7H16N2O.C6H10O2/c8-2-1-3-9-4-6-10-7-5-9;7-6-4-2-1-3-5-8-6/h1-8H2;1-5H2. The van der Waals surface area contributed by atoms with Gasteiger partial charge in [-0.3, -0.25) is 9.69 Å². The van der Waals surface area contributed by atoms with Crippen LogP contribution in [-0.4, -0.2) is 56.9 Å². The van der Waals surface area contributed by atoms with Gasteiger partial charge in [-0.1, -0.05) is 0 Å². The maximum atomic E-state index is 10.5. The van der Waals surface area contributed by atoms with Crippen molar-refractivity contribution >= 4 is 5.97 Å². The Morgan fingerprint density at radius 2 is 1.89 bits per heavy atom. The number of hydrogen-bond donors (Lipinski definition) is 1. The Morgan fingerprint density at radius 1 is 1.11 bits per heavy atom. The van der Waals surface area contributed by atoms with Crippen LogP contribution in [0.4, 0.5) is 0 Å². The predicted octanol–water partition coefficient (Wildman–Crippen LogP) is 0.771. The zero-order valence-electron chi connectivity index (χ0n) is 11.2. The van der Waals surface area contributed by atoms with Crippen molar-refractivity contribution in [1.82, 2.24) is 4.90 Å². The number of esters is 1. The SMILES string of the molecule is NCCCN1CCOCC1.O=C1CCCCCO1. The average Bonchev–Trinajstić information content (AvgIpc) is 2.66. The van der Waals surface area contributed by atoms with Gasteiger partial charge in [-0.2, -0.15) is 0 Å². The van der Waals surface area contributed by atoms with Gasteiger partial charge in [0.05, 0.1) is 19.8 Å². The van der Waals surface area contributed by atoms with Crippen LogP contribution in [0.2, 0.25) is 0 Å². The minimum absolute atomic E-state index is 0.0255. The predicted molar refractivity (Wildman–Crippen MR) is 70.4 cm³/mol. The van der Waals surface area contributed by atoms with Gasteiger partial charge in [0.1, 0.15) is 0 Å². The molecule has 2 N–H and O–H groups in total. The summed E-state index contributed by atoms with van der Waals surface area (Å²) in [5.41, 5.74) is 5.39. The first-order valence-corrected chi connectivity index (χ1v) is 6.98. The molecule has 18 heavy (non-hydrogen) atoms. The molecular formula is C13H26N2O3. The van der Waals surface area contributed by atoms with Gasteiger partial charge >= 0.3 is 5.97 Å². The summed E-state index contributed by atoms with van der Waals surface area (Å²) in [5.74, 6) is -0.0255. The summed E-state index contributed by atoms with van der Waals surface area (Å²) in [7, 11) is 0. The molecule has 2 rings (SSSR count). The molecule has 2 heterocycles. The minimum Gasteiger partial charge on any atom is -0.466 e. The molecule has 2 fully saturated rings. The first-order chi connectivity index (χ1) is 8.83. The van der Waals surface area contributed by atoms with Crippen LogP contribution >= 0.6 is 0 Å². The van der Waals surface area contributed by atoms with E-state index in [0.29, 0.717) is 13.0 Å². The minimum atomic E-state index is -0.0255. The van der Waals surface area contributed by atoms with E-state index in [1.54, 1.807) is 0 Å². The first kappa shape index (κ1) is 15.4. The summed E-state index contributed by atoms with van der Waals surface area (Å²) < 4.78 is 9.97. The van der Waals surface area contributed by atoms with E-state index in [2.05, 4.69) is 4.90 Å². The van der Waals surface area contributed by atoms with Crippen LogP contribution in [0.5, 0.6) is 0 Å². The molecule has 106 valence electrons. The molecule has 0 aromatic carbocycles. The van der Waals surface area contributed by atoms with Crippen molar-refractivity contribution in [3.8, 4) is 0 Å². The van der Waals surface area contributed by atoms with Crippen LogP contribution in [0, 0.1) is 0 Å². The highest BCUT2D eigenvalue weighted by Gasteiger charge is 2.08. The summed E-state index contributed by atoms with van der Waals surface area (Å²) in [6, 6.07) is 0. The topological polar surface area (TPSA) is 64.8 Å². The van der Waals surface area contributed by atoms with E-state index in [0.717, 1.165) is 65.1 Å². The molecule has 2 aliphatic rings. The van der Waals surface area contributed by atoms with Crippen LogP contribution in [0.3, 0.4) is 0 Å². The fraction of sp³-hybridized carbons (Fsp3) is 0.923. The molecule has 0 aromatic rings. The van der Waals surface area contributed by atoms with Gasteiger partial charge < -0.3 is 15.2 Å². The molecule has 0 saturated carbocycles. The van der Waals surface area contributed by atoms with Crippen LogP contribution in [0.25, 0.3) is 0 Å². The normalized spacial score (nSPS) is 21.5. The molecule has 5 heteroatoms. The van der Waals surface area contributed by atoms with E-state index in [1.807, 2.05) is 0 Å². The second-order valence-corrected chi connectivity index (χ2v) is 4.63. The highest BCUT2D eigenvalue weighted by atomic mass is 16.5. The molecule has 5 nitrogen and oxygen atoms in total. The van der Waals surface area contributed by atoms with Crippen LogP contribution in [0.15, 0.2) is 0 Å². The van der Waals surface area contributed by atoms with Gasteiger partial charge in [-0.05, 0) is 38.8 Å². The first-order valence-electron chi connectivity index (χ1n) is 6.98. The van der Waals surface area contributed by atoms with Crippen molar-refractivity contribution < 1.29 is 14.3 Å². The summed E-state index contributed by atoms with van der Waals surface area (Å²) in [4.78, 5) is 12.9. The molecule has 0 aliphatic carbocycles. The quantitative estimate of drug-likeness (QED) is 0.758. The highest BCUT2D eigenvalue weighted by molar-refractivity contribution is 5.69. The zero-order chi connectivity index (χ0) is 13.1. The summed E-state index contributed by atoms with van der Waals surface area (Å²) >= 11 is 0. The van der Waals surface area contributed by atoms with Crippen molar-refractivity contribution in [3.05, 3.63) is 0 Å². The van der Waals surface area contributed by atoms with Crippen molar-refractivity contribution in [1.29, 1.82) is 0 Å². The number of nitrogens with zero attached hydrogens (tertiary/aromatic N) is 1. The van der Waals surface area contributed by atoms with E-state index in [-0.39, 0.29) is 5.97 Å². The molecule has 2 saturated heterocycles. The number of nitrogens with two attached hydrogens (primary N) is 1. The lowest BCUT2D eigenvalue weighted by Crippen LogP contribution is -2.37. The van der Waals surface area contributed by atoms with E-state index in [1.165, 1.54) is 0 Å². The Hall–Kier alpha value is -0.650. The fourth-order valence-corrected chi connectivity index (χ4v) is 1.95. The maximum absolute atomic E-state index is 10.5. The number of carbonyl (C=O) groups is 1. The van der Waals surface area contributed by atoms with Crippen LogP contribution < -0.4 is 5.73 Å². The second-order valence-electron chi connectivity index (χ2n) is 4.63. The van der Waals surface area contributed by atoms with Crippen molar-refractivity contribution in [2.24, 2.45) is 5.73 Å². The van der Waals surface area contributed by atoms with Crippen molar-refractivity contribution in [2.75, 3.05) is 46.0 Å². The number of hydrogen-bond acceptors (Lipinski definition) is 5. The van der Waals surface area contributed by atoms with Gasteiger partial charge in [-0.25, -0.2) is 0 Å². The maximum Gasteiger partial charge on any atom is 0.305 e. The lowest BCUT2D eigenvalue weighted by atomic mass is 10.2. The monoisotopic (exact) mass is 258 g/mol. The largest absolute Gasteiger partial charge is 0.466 e. The zero-order valence-corrected chi connectivity index (χ0v) is 11.2. The highest BCUT2D eigenvalue weighted by Crippen LogP contribution is 2.06. The summed E-state index contributed by atoms with van der Waals surface area (Å²) in [5, 5.41) is 0. The van der Waals surface area contributed by atoms with E-state index >= 15 is 0 Å². The second kappa shape index (κ2) is 10.3. The van der Waals surface area contributed by atoms with Gasteiger partial charge in [0.2, 0.25) is 0 Å². The van der Waals surface area contributed by atoms with Crippen molar-refractivity contribution in [3.63, 3.8) is 0 Å². The Morgan fingerprint density at radius 3 is 2.61 bits per heavy atom. The van der Waals surface area contributed by atoms with E-state index in [9.17, 15) is 4.79 Å². The number of carbonyl (C=O) groups excluding carboxylic acids is 1. The molecule has 0 bridgehead atoms. The lowest BCUT2D eigenvalue weighted by molar-refractivity contribution is -0.142. The third-order valence-electron chi connectivity index (χ3n) is 3.07. The Labute approximate surface area is 110 Å². The molecule has 0 atom stereocenters. The third-order valence-corrected chi connectivity index (χ3v) is 3.07. The fourth-order valence-electron chi connectivity index (χ4n) is 1.95. The molecule has 0 spiro atoms. The van der Waals surface area contributed by atoms with Gasteiger partial charge in [0, 0.05) is 19.5 Å². The molecule has 0 aromatic heterocycles. The van der Waals surface area contributed by atoms with Crippen LogP contribution in [0.1, 0.15) is 32.1 Å². The summed E-state index contributed by atoms with van der Waals surface area (Å²) in [6.07, 6.45) is 4.94. The smallest absolute Gasteiger partial charge is 0.305 e. The molecular weight excluding hydrogens is 232 g/mol. The number of rotatable bonds is 3. The average molecular weight is 258 g/mol. The van der Waals surface area contributed by atoms with Gasteiger partial charge in [-0.15, -0.1) is 0 Å². The lowest BCUT2D eigenvalue weighted by Gasteiger charge is -2.26. The van der Waals surface area contributed by atoms with E-state index < -0.39 is 0 Å². The Kier molecular flexibility index (Phi) is 8.81. The van der Waals surface area contributed by atoms with Crippen molar-refractivity contribution in [2.45, 2.75) is 32.1 Å². The number of ether oxygens (including phenoxy) is 2. The number of cyclic esters (lactones) is 1. The molecule has 0 amide bonds. The summed E-state index contributed by atoms with van der Waals surface area (Å²) in [6.45, 7) is 6.53. The van der Waals surface area contributed by atoms with E-state index in [4.69, 9.17) is 15.2 Å². The number of morpholine rings is 1. The van der Waals surface area contributed by atoms with Gasteiger partial charge in [0.25, 0.3) is 0 Å². The molecule has 2 aliphatic heterocycles. The Balaban J connectivity index is 0.000000184.